The van der Waals surface area contributed by atoms with Gasteiger partial charge < -0.3 is 15.5 Å². The molecule has 0 aliphatic rings. The van der Waals surface area contributed by atoms with Gasteiger partial charge in [0, 0.05) is 6.20 Å². The number of rotatable bonds is 5. The molecular formula is C20H16N8O3. The van der Waals surface area contributed by atoms with Crippen LogP contribution in [0.1, 0.15) is 39.8 Å². The minimum Gasteiger partial charge on any atom is -0.463 e. The third-order valence-electron chi connectivity index (χ3n) is 4.82. The van der Waals surface area contributed by atoms with Crippen LogP contribution in [0.3, 0.4) is 0 Å². The highest BCUT2D eigenvalue weighted by atomic mass is 16.3. The first-order chi connectivity index (χ1) is 15.0. The highest BCUT2D eigenvalue weighted by Gasteiger charge is 2.23. The van der Waals surface area contributed by atoms with E-state index in [9.17, 15) is 9.59 Å². The second kappa shape index (κ2) is 7.06. The predicted molar refractivity (Wildman–Crippen MR) is 108 cm³/mol. The minimum atomic E-state index is -0.749. The minimum absolute atomic E-state index is 0.0426. The fraction of sp³-hybridized carbons (Fsp3) is 0.100. The molecule has 0 spiro atoms. The van der Waals surface area contributed by atoms with Crippen LogP contribution in [-0.2, 0) is 0 Å². The van der Waals surface area contributed by atoms with Gasteiger partial charge in [-0.05, 0) is 37.3 Å². The largest absolute Gasteiger partial charge is 0.463 e. The molecule has 0 saturated carbocycles. The number of carbonyl (C=O) groups is 2. The summed E-state index contributed by atoms with van der Waals surface area (Å²) >= 11 is 0. The second-order valence-corrected chi connectivity index (χ2v) is 6.84. The highest BCUT2D eigenvalue weighted by Crippen LogP contribution is 2.22. The zero-order valence-corrected chi connectivity index (χ0v) is 16.3. The van der Waals surface area contributed by atoms with Crippen molar-refractivity contribution in [3.05, 3.63) is 72.4 Å². The number of furan rings is 1. The van der Waals surface area contributed by atoms with Crippen LogP contribution in [0.5, 0.6) is 0 Å². The molecule has 0 saturated heterocycles. The monoisotopic (exact) mass is 416 g/mol. The normalized spacial score (nSPS) is 12.3. The number of hydrogen-bond donors (Lipinski definition) is 2. The first-order valence-electron chi connectivity index (χ1n) is 9.35. The Bertz CT molecular complexity index is 1430. The van der Waals surface area contributed by atoms with Gasteiger partial charge in [0.25, 0.3) is 11.8 Å². The molecule has 5 rings (SSSR count). The lowest BCUT2D eigenvalue weighted by Gasteiger charge is -2.14. The Kier molecular flexibility index (Phi) is 4.21. The Labute approximate surface area is 174 Å². The average molecular weight is 416 g/mol. The maximum atomic E-state index is 13.2. The van der Waals surface area contributed by atoms with Crippen LogP contribution >= 0.6 is 0 Å². The molecule has 11 heteroatoms. The van der Waals surface area contributed by atoms with Crippen molar-refractivity contribution in [1.29, 1.82) is 0 Å². The van der Waals surface area contributed by atoms with E-state index in [1.807, 2.05) is 24.4 Å². The van der Waals surface area contributed by atoms with E-state index in [0.29, 0.717) is 22.9 Å². The van der Waals surface area contributed by atoms with Crippen molar-refractivity contribution >= 4 is 23.1 Å². The molecule has 0 aromatic carbocycles. The summed E-state index contributed by atoms with van der Waals surface area (Å²) in [6.07, 6.45) is 4.65. The van der Waals surface area contributed by atoms with E-state index in [1.165, 1.54) is 17.0 Å². The molecule has 0 aliphatic carbocycles. The summed E-state index contributed by atoms with van der Waals surface area (Å²) in [6.45, 7) is 1.80. The topological polar surface area (TPSA) is 146 Å². The Morgan fingerprint density at radius 3 is 2.81 bits per heavy atom. The van der Waals surface area contributed by atoms with Crippen LogP contribution < -0.4 is 11.1 Å². The van der Waals surface area contributed by atoms with E-state index in [0.717, 1.165) is 0 Å². The van der Waals surface area contributed by atoms with Crippen molar-refractivity contribution in [2.75, 3.05) is 0 Å². The van der Waals surface area contributed by atoms with Crippen molar-refractivity contribution in [3.63, 3.8) is 0 Å². The van der Waals surface area contributed by atoms with Crippen LogP contribution in [0, 0.1) is 0 Å². The van der Waals surface area contributed by atoms with E-state index < -0.39 is 17.9 Å². The van der Waals surface area contributed by atoms with Crippen LogP contribution in [0.4, 0.5) is 0 Å². The molecule has 1 atom stereocenters. The highest BCUT2D eigenvalue weighted by molar-refractivity contribution is 5.99. The van der Waals surface area contributed by atoms with Gasteiger partial charge in [-0.15, -0.1) is 10.2 Å². The number of pyridine rings is 1. The molecule has 1 unspecified atom stereocenters. The van der Waals surface area contributed by atoms with Crippen molar-refractivity contribution in [2.24, 2.45) is 5.73 Å². The van der Waals surface area contributed by atoms with Crippen LogP contribution in [-0.4, -0.2) is 40.8 Å². The quantitative estimate of drug-likeness (QED) is 0.443. The molecular weight excluding hydrogens is 400 g/mol. The lowest BCUT2D eigenvalue weighted by atomic mass is 10.2. The molecule has 154 valence electrons. The van der Waals surface area contributed by atoms with Gasteiger partial charge in [0.2, 0.25) is 0 Å². The van der Waals surface area contributed by atoms with E-state index in [4.69, 9.17) is 10.2 Å². The maximum absolute atomic E-state index is 13.2. The molecule has 31 heavy (non-hydrogen) atoms. The van der Waals surface area contributed by atoms with E-state index in [1.54, 1.807) is 29.5 Å². The summed E-state index contributed by atoms with van der Waals surface area (Å²) in [6, 6.07) is 10.0. The number of imidazole rings is 1. The number of nitrogens with one attached hydrogen (secondary N) is 1. The number of fused-ring (bicyclic) bond motifs is 2. The first kappa shape index (κ1) is 18.5. The second-order valence-electron chi connectivity index (χ2n) is 6.84. The number of primary amides is 1. The van der Waals surface area contributed by atoms with Crippen LogP contribution in [0.15, 0.2) is 59.6 Å². The number of amides is 2. The van der Waals surface area contributed by atoms with E-state index in [-0.39, 0.29) is 17.0 Å². The predicted octanol–water partition coefficient (Wildman–Crippen LogP) is 1.62. The summed E-state index contributed by atoms with van der Waals surface area (Å²) < 4.78 is 8.62. The fourth-order valence-electron chi connectivity index (χ4n) is 3.36. The zero-order chi connectivity index (χ0) is 21.5. The molecule has 11 nitrogen and oxygen atoms in total. The van der Waals surface area contributed by atoms with Gasteiger partial charge in [-0.3, -0.25) is 18.4 Å². The molecule has 2 amide bonds. The molecule has 5 aromatic heterocycles. The number of carbonyl (C=O) groups excluding carboxylic acids is 2. The smallest absolute Gasteiger partial charge is 0.271 e. The lowest BCUT2D eigenvalue weighted by molar-refractivity contribution is 0.0930. The van der Waals surface area contributed by atoms with Gasteiger partial charge in [0.15, 0.2) is 28.6 Å². The Morgan fingerprint density at radius 2 is 2.03 bits per heavy atom. The van der Waals surface area contributed by atoms with Crippen molar-refractivity contribution in [2.45, 2.75) is 13.0 Å². The van der Waals surface area contributed by atoms with Crippen LogP contribution in [0.2, 0.25) is 0 Å². The summed E-state index contributed by atoms with van der Waals surface area (Å²) in [5, 5.41) is 11.2. The molecule has 5 aromatic rings. The van der Waals surface area contributed by atoms with E-state index >= 15 is 0 Å². The van der Waals surface area contributed by atoms with Gasteiger partial charge in [-0.1, -0.05) is 6.07 Å². The number of nitrogens with two attached hydrogens (primary N) is 1. The maximum Gasteiger partial charge on any atom is 0.271 e. The van der Waals surface area contributed by atoms with Crippen LogP contribution in [0.25, 0.3) is 22.7 Å². The first-order valence-corrected chi connectivity index (χ1v) is 9.35. The molecule has 0 bridgehead atoms. The van der Waals surface area contributed by atoms with Gasteiger partial charge in [-0.2, -0.15) is 0 Å². The lowest BCUT2D eigenvalue weighted by Crippen LogP contribution is -2.29. The van der Waals surface area contributed by atoms with Gasteiger partial charge in [0.1, 0.15) is 17.7 Å². The number of hydrogen-bond acceptors (Lipinski definition) is 7. The van der Waals surface area contributed by atoms with Gasteiger partial charge in [-0.25, -0.2) is 9.97 Å². The molecule has 0 radical (unpaired) electrons. The molecule has 0 aliphatic heterocycles. The molecule has 0 fully saturated rings. The Morgan fingerprint density at radius 1 is 1.16 bits per heavy atom. The third-order valence-corrected chi connectivity index (χ3v) is 4.82. The Balaban J connectivity index is 1.57. The Hall–Kier alpha value is -4.54. The number of nitrogens with zero attached hydrogens (tertiary/aromatic N) is 6. The summed E-state index contributed by atoms with van der Waals surface area (Å²) in [4.78, 5) is 33.4. The third kappa shape index (κ3) is 3.08. The summed E-state index contributed by atoms with van der Waals surface area (Å²) in [7, 11) is 0. The van der Waals surface area contributed by atoms with E-state index in [2.05, 4.69) is 25.5 Å². The zero-order valence-electron chi connectivity index (χ0n) is 16.3. The molecule has 3 N–H and O–H groups in total. The summed E-state index contributed by atoms with van der Waals surface area (Å²) in [5.74, 6) is -0.163. The van der Waals surface area contributed by atoms with Crippen molar-refractivity contribution in [1.82, 2.24) is 34.3 Å². The van der Waals surface area contributed by atoms with Crippen molar-refractivity contribution in [3.8, 4) is 11.5 Å². The standard InChI is InChI=1S/C20H16N8O3/c1-11(18-26-25-15-6-2-3-7-27(15)18)23-20(30)13-9-12(14-5-4-8-31-14)24-19-16(17(21)29)22-10-28(13)19/h2-11H,1H3,(H2,21,29)(H,23,30). The summed E-state index contributed by atoms with van der Waals surface area (Å²) in [5.41, 5.74) is 6.78. The number of aromatic nitrogens is 6. The molecule has 5 heterocycles. The average Bonchev–Trinajstić information content (AvgIpc) is 3.51. The van der Waals surface area contributed by atoms with Gasteiger partial charge >= 0.3 is 0 Å². The van der Waals surface area contributed by atoms with Crippen molar-refractivity contribution < 1.29 is 14.0 Å². The SMILES string of the molecule is CC(NC(=O)c1cc(-c2ccco2)nc2c(C(N)=O)ncn12)c1nnc2ccccn12. The fourth-order valence-corrected chi connectivity index (χ4v) is 3.36. The van der Waals surface area contributed by atoms with Gasteiger partial charge in [0.05, 0.1) is 12.3 Å².